The molecular formula is C23H36N2O5. The number of ether oxygens (including phenoxy) is 3. The fourth-order valence-corrected chi connectivity index (χ4v) is 4.45. The van der Waals surface area contributed by atoms with Gasteiger partial charge in [0.15, 0.2) is 0 Å². The smallest absolute Gasteiger partial charge is 0.343 e. The van der Waals surface area contributed by atoms with E-state index in [0.29, 0.717) is 36.8 Å². The van der Waals surface area contributed by atoms with E-state index in [9.17, 15) is 9.59 Å². The van der Waals surface area contributed by atoms with E-state index in [1.54, 1.807) is 4.57 Å². The SMILES string of the molecule is CCC(CC)CN1CCc2c(C(=O)OC)c(OC[C@@H]3CCCCO3)cc(=O)n2CC1. The minimum Gasteiger partial charge on any atom is -0.490 e. The van der Waals surface area contributed by atoms with E-state index in [1.165, 1.54) is 13.2 Å². The number of rotatable bonds is 8. The third kappa shape index (κ3) is 5.43. The second kappa shape index (κ2) is 11.0. The Morgan fingerprint density at radius 2 is 2.03 bits per heavy atom. The first-order valence-electron chi connectivity index (χ1n) is 11.4. The summed E-state index contributed by atoms with van der Waals surface area (Å²) in [6, 6.07) is 1.44. The summed E-state index contributed by atoms with van der Waals surface area (Å²) in [6.07, 6.45) is 6.03. The van der Waals surface area contributed by atoms with E-state index in [-0.39, 0.29) is 11.7 Å². The molecule has 7 nitrogen and oxygen atoms in total. The van der Waals surface area contributed by atoms with Crippen molar-refractivity contribution < 1.29 is 19.0 Å². The van der Waals surface area contributed by atoms with Gasteiger partial charge in [-0.1, -0.05) is 26.7 Å². The van der Waals surface area contributed by atoms with Crippen molar-refractivity contribution in [1.29, 1.82) is 0 Å². The molecule has 1 fully saturated rings. The molecule has 1 aromatic rings. The molecule has 0 aromatic carbocycles. The van der Waals surface area contributed by atoms with Crippen LogP contribution >= 0.6 is 0 Å². The normalized spacial score (nSPS) is 19.9. The minimum atomic E-state index is -0.452. The zero-order valence-electron chi connectivity index (χ0n) is 18.7. The van der Waals surface area contributed by atoms with Crippen molar-refractivity contribution in [1.82, 2.24) is 9.47 Å². The maximum absolute atomic E-state index is 12.9. The van der Waals surface area contributed by atoms with Crippen LogP contribution in [0.1, 0.15) is 62.0 Å². The number of esters is 1. The third-order valence-electron chi connectivity index (χ3n) is 6.45. The average Bonchev–Trinajstić information content (AvgIpc) is 2.99. The monoisotopic (exact) mass is 420 g/mol. The van der Waals surface area contributed by atoms with Crippen LogP contribution in [0.25, 0.3) is 0 Å². The van der Waals surface area contributed by atoms with Crippen LogP contribution in [0.3, 0.4) is 0 Å². The molecule has 2 aliphatic rings. The van der Waals surface area contributed by atoms with Crippen molar-refractivity contribution in [2.75, 3.05) is 40.0 Å². The van der Waals surface area contributed by atoms with E-state index in [0.717, 1.165) is 64.0 Å². The molecule has 0 spiro atoms. The maximum atomic E-state index is 12.9. The first-order valence-corrected chi connectivity index (χ1v) is 11.4. The van der Waals surface area contributed by atoms with E-state index < -0.39 is 5.97 Å². The van der Waals surface area contributed by atoms with Crippen molar-refractivity contribution in [2.45, 2.75) is 65.0 Å². The number of hydrogen-bond acceptors (Lipinski definition) is 6. The molecule has 0 N–H and O–H groups in total. The van der Waals surface area contributed by atoms with Gasteiger partial charge in [-0.3, -0.25) is 4.79 Å². The molecule has 0 aliphatic carbocycles. The van der Waals surface area contributed by atoms with E-state index >= 15 is 0 Å². The van der Waals surface area contributed by atoms with Crippen molar-refractivity contribution in [3.8, 4) is 5.75 Å². The lowest BCUT2D eigenvalue weighted by atomic mass is 10.0. The third-order valence-corrected chi connectivity index (χ3v) is 6.45. The number of methoxy groups -OCH3 is 1. The molecule has 1 atom stereocenters. The Bertz CT molecular complexity index is 766. The molecule has 1 saturated heterocycles. The van der Waals surface area contributed by atoms with Gasteiger partial charge in [0.1, 0.15) is 17.9 Å². The van der Waals surface area contributed by atoms with Gasteiger partial charge < -0.3 is 23.7 Å². The molecule has 3 rings (SSSR count). The summed E-state index contributed by atoms with van der Waals surface area (Å²) in [6.45, 7) is 8.73. The van der Waals surface area contributed by atoms with Gasteiger partial charge >= 0.3 is 5.97 Å². The van der Waals surface area contributed by atoms with Gasteiger partial charge in [0, 0.05) is 51.0 Å². The van der Waals surface area contributed by atoms with Crippen LogP contribution < -0.4 is 10.3 Å². The first-order chi connectivity index (χ1) is 14.6. The van der Waals surface area contributed by atoms with Crippen molar-refractivity contribution in [3.05, 3.63) is 27.7 Å². The fraction of sp³-hybridized carbons (Fsp3) is 0.739. The predicted octanol–water partition coefficient (Wildman–Crippen LogP) is 2.88. The zero-order chi connectivity index (χ0) is 21.5. The molecule has 7 heteroatoms. The molecule has 168 valence electrons. The largest absolute Gasteiger partial charge is 0.490 e. The summed E-state index contributed by atoms with van der Waals surface area (Å²) in [5.74, 6) is 0.518. The molecule has 1 aromatic heterocycles. The molecule has 30 heavy (non-hydrogen) atoms. The highest BCUT2D eigenvalue weighted by atomic mass is 16.5. The predicted molar refractivity (Wildman–Crippen MR) is 115 cm³/mol. The van der Waals surface area contributed by atoms with Gasteiger partial charge in [-0.25, -0.2) is 4.79 Å². The lowest BCUT2D eigenvalue weighted by molar-refractivity contribution is -0.0114. The summed E-state index contributed by atoms with van der Waals surface area (Å²) in [7, 11) is 1.37. The van der Waals surface area contributed by atoms with Crippen LogP contribution in [0.5, 0.6) is 5.75 Å². The fourth-order valence-electron chi connectivity index (χ4n) is 4.45. The number of pyridine rings is 1. The quantitative estimate of drug-likeness (QED) is 0.603. The number of carbonyl (C=O) groups excluding carboxylic acids is 1. The Labute approximate surface area is 179 Å². The average molecular weight is 421 g/mol. The first kappa shape index (κ1) is 22.8. The van der Waals surface area contributed by atoms with Gasteiger partial charge in [-0.05, 0) is 25.2 Å². The molecule has 0 bridgehead atoms. The Morgan fingerprint density at radius 3 is 2.70 bits per heavy atom. The second-order valence-corrected chi connectivity index (χ2v) is 8.34. The molecule has 0 saturated carbocycles. The van der Waals surface area contributed by atoms with Crippen molar-refractivity contribution in [3.63, 3.8) is 0 Å². The highest BCUT2D eigenvalue weighted by Gasteiger charge is 2.27. The molecular weight excluding hydrogens is 384 g/mol. The number of carbonyl (C=O) groups is 1. The van der Waals surface area contributed by atoms with Crippen LogP contribution in [0, 0.1) is 5.92 Å². The minimum absolute atomic E-state index is 0.00123. The zero-order valence-corrected chi connectivity index (χ0v) is 18.7. The summed E-state index contributed by atoms with van der Waals surface area (Å²) in [5, 5.41) is 0. The summed E-state index contributed by atoms with van der Waals surface area (Å²) in [5.41, 5.74) is 0.986. The number of nitrogens with zero attached hydrogens (tertiary/aromatic N) is 2. The van der Waals surface area contributed by atoms with E-state index in [2.05, 4.69) is 18.7 Å². The number of hydrogen-bond donors (Lipinski definition) is 0. The maximum Gasteiger partial charge on any atom is 0.343 e. The van der Waals surface area contributed by atoms with Crippen LogP contribution in [0.15, 0.2) is 10.9 Å². The van der Waals surface area contributed by atoms with Gasteiger partial charge in [0.2, 0.25) is 0 Å². The van der Waals surface area contributed by atoms with Crippen molar-refractivity contribution >= 4 is 5.97 Å². The molecule has 0 unspecified atom stereocenters. The highest BCUT2D eigenvalue weighted by molar-refractivity contribution is 5.93. The van der Waals surface area contributed by atoms with Crippen LogP contribution in [0.4, 0.5) is 0 Å². The van der Waals surface area contributed by atoms with Gasteiger partial charge in [-0.15, -0.1) is 0 Å². The van der Waals surface area contributed by atoms with Crippen LogP contribution in [-0.2, 0) is 22.4 Å². The van der Waals surface area contributed by atoms with E-state index in [4.69, 9.17) is 14.2 Å². The standard InChI is InChI=1S/C23H36N2O5/c1-4-17(5-2)15-24-10-9-19-22(23(27)28-3)20(14-21(26)25(19)12-11-24)30-16-18-8-6-7-13-29-18/h14,17-18H,4-13,15-16H2,1-3H3/t18-/m0/s1. The lowest BCUT2D eigenvalue weighted by Gasteiger charge is -2.24. The van der Waals surface area contributed by atoms with Gasteiger partial charge in [-0.2, -0.15) is 0 Å². The second-order valence-electron chi connectivity index (χ2n) is 8.34. The number of aromatic nitrogens is 1. The van der Waals surface area contributed by atoms with Crippen LogP contribution in [-0.4, -0.2) is 61.5 Å². The van der Waals surface area contributed by atoms with Crippen LogP contribution in [0.2, 0.25) is 0 Å². The molecule has 0 radical (unpaired) electrons. The summed E-state index contributed by atoms with van der Waals surface area (Å²) >= 11 is 0. The highest BCUT2D eigenvalue weighted by Crippen LogP contribution is 2.25. The van der Waals surface area contributed by atoms with Crippen molar-refractivity contribution in [2.24, 2.45) is 5.92 Å². The Hall–Kier alpha value is -1.86. The molecule has 2 aliphatic heterocycles. The Kier molecular flexibility index (Phi) is 8.33. The van der Waals surface area contributed by atoms with Gasteiger partial charge in [0.05, 0.1) is 13.2 Å². The molecule has 0 amide bonds. The summed E-state index contributed by atoms with van der Waals surface area (Å²) in [4.78, 5) is 27.9. The van der Waals surface area contributed by atoms with Gasteiger partial charge in [0.25, 0.3) is 5.56 Å². The topological polar surface area (TPSA) is 70.0 Å². The Balaban J connectivity index is 1.83. The lowest BCUT2D eigenvalue weighted by Crippen LogP contribution is -2.32. The summed E-state index contributed by atoms with van der Waals surface area (Å²) < 4.78 is 18.5. The molecule has 3 heterocycles. The van der Waals surface area contributed by atoms with E-state index in [1.807, 2.05) is 0 Å². The number of fused-ring (bicyclic) bond motifs is 1. The Morgan fingerprint density at radius 1 is 1.23 bits per heavy atom.